The Kier molecular flexibility index (Phi) is 3.08. The van der Waals surface area contributed by atoms with E-state index in [1.807, 2.05) is 6.07 Å². The molecule has 1 aliphatic carbocycles. The van der Waals surface area contributed by atoms with Gasteiger partial charge in [0.2, 0.25) is 5.16 Å². The van der Waals surface area contributed by atoms with Crippen molar-refractivity contribution in [3.63, 3.8) is 0 Å². The van der Waals surface area contributed by atoms with Gasteiger partial charge in [0.15, 0.2) is 0 Å². The SMILES string of the molecule is N#Cc1ccc(Sc2nnnn2C2CC2)c([N+](=O)[O-])c1. The predicted molar refractivity (Wildman–Crippen MR) is 68.0 cm³/mol. The van der Waals surface area contributed by atoms with Crippen molar-refractivity contribution in [3.8, 4) is 6.07 Å². The zero-order chi connectivity index (χ0) is 14.1. The molecule has 0 unspecified atom stereocenters. The minimum atomic E-state index is -0.506. The number of nitro benzene ring substituents is 1. The summed E-state index contributed by atoms with van der Waals surface area (Å²) in [5.41, 5.74) is 0.141. The fourth-order valence-electron chi connectivity index (χ4n) is 1.72. The zero-order valence-corrected chi connectivity index (χ0v) is 10.9. The third kappa shape index (κ3) is 2.33. The summed E-state index contributed by atoms with van der Waals surface area (Å²) >= 11 is 1.14. The molecule has 0 radical (unpaired) electrons. The van der Waals surface area contributed by atoms with Gasteiger partial charge in [0.25, 0.3) is 5.69 Å². The first-order valence-electron chi connectivity index (χ1n) is 5.83. The maximum Gasteiger partial charge on any atom is 0.284 e. The van der Waals surface area contributed by atoms with E-state index >= 15 is 0 Å². The fraction of sp³-hybridized carbons (Fsp3) is 0.273. The second-order valence-electron chi connectivity index (χ2n) is 4.29. The highest BCUT2D eigenvalue weighted by Crippen LogP contribution is 2.40. The van der Waals surface area contributed by atoms with Crippen LogP contribution in [-0.2, 0) is 0 Å². The van der Waals surface area contributed by atoms with Gasteiger partial charge in [0.05, 0.1) is 27.5 Å². The van der Waals surface area contributed by atoms with Crippen molar-refractivity contribution in [2.75, 3.05) is 0 Å². The van der Waals surface area contributed by atoms with Gasteiger partial charge in [-0.05, 0) is 47.2 Å². The number of rotatable bonds is 4. The van der Waals surface area contributed by atoms with Crippen molar-refractivity contribution >= 4 is 17.4 Å². The van der Waals surface area contributed by atoms with Crippen molar-refractivity contribution in [1.82, 2.24) is 20.2 Å². The molecule has 2 aromatic rings. The highest BCUT2D eigenvalue weighted by Gasteiger charge is 2.29. The number of nitro groups is 1. The Labute approximate surface area is 117 Å². The van der Waals surface area contributed by atoms with Crippen molar-refractivity contribution in [2.45, 2.75) is 28.9 Å². The summed E-state index contributed by atoms with van der Waals surface area (Å²) in [5, 5.41) is 31.8. The first-order chi connectivity index (χ1) is 9.69. The van der Waals surface area contributed by atoms with Crippen molar-refractivity contribution < 1.29 is 4.92 Å². The summed E-state index contributed by atoms with van der Waals surface area (Å²) in [4.78, 5) is 11.0. The molecule has 1 saturated carbocycles. The average molecular weight is 288 g/mol. The molecule has 1 heterocycles. The Morgan fingerprint density at radius 1 is 1.50 bits per heavy atom. The van der Waals surface area contributed by atoms with Crippen LogP contribution in [0.1, 0.15) is 24.4 Å². The van der Waals surface area contributed by atoms with E-state index in [4.69, 9.17) is 5.26 Å². The molecule has 8 nitrogen and oxygen atoms in total. The molecule has 0 aliphatic heterocycles. The van der Waals surface area contributed by atoms with Crippen LogP contribution >= 0.6 is 11.8 Å². The van der Waals surface area contributed by atoms with Crippen molar-refractivity contribution in [2.24, 2.45) is 0 Å². The Balaban J connectivity index is 1.95. The number of nitriles is 1. The number of benzene rings is 1. The van der Waals surface area contributed by atoms with Gasteiger partial charge in [-0.25, -0.2) is 4.68 Å². The molecule has 0 atom stereocenters. The zero-order valence-electron chi connectivity index (χ0n) is 10.1. The Bertz CT molecular complexity index is 718. The summed E-state index contributed by atoms with van der Waals surface area (Å²) in [5.74, 6) is 0. The lowest BCUT2D eigenvalue weighted by atomic mass is 10.2. The summed E-state index contributed by atoms with van der Waals surface area (Å²) in [6, 6.07) is 6.53. The van der Waals surface area contributed by atoms with Gasteiger partial charge < -0.3 is 0 Å². The molecule has 0 bridgehead atoms. The molecule has 1 aromatic carbocycles. The molecule has 0 N–H and O–H groups in total. The molecule has 3 rings (SSSR count). The fourth-order valence-corrected chi connectivity index (χ4v) is 2.64. The van der Waals surface area contributed by atoms with Crippen LogP contribution < -0.4 is 0 Å². The van der Waals surface area contributed by atoms with Crippen LogP contribution in [0, 0.1) is 21.4 Å². The number of nitrogens with zero attached hydrogens (tertiary/aromatic N) is 6. The standard InChI is InChI=1S/C11H8N6O2S/c12-6-7-1-4-10(9(5-7)17(18)19)20-11-13-14-15-16(11)8-2-3-8/h1,4-5,8H,2-3H2. The molecule has 0 amide bonds. The van der Waals surface area contributed by atoms with Crippen LogP contribution in [0.3, 0.4) is 0 Å². The highest BCUT2D eigenvalue weighted by molar-refractivity contribution is 7.99. The topological polar surface area (TPSA) is 111 Å². The van der Waals surface area contributed by atoms with Crippen molar-refractivity contribution in [3.05, 3.63) is 33.9 Å². The van der Waals surface area contributed by atoms with E-state index in [9.17, 15) is 10.1 Å². The van der Waals surface area contributed by atoms with Crippen LogP contribution in [0.4, 0.5) is 5.69 Å². The van der Waals surface area contributed by atoms with Gasteiger partial charge in [-0.1, -0.05) is 0 Å². The normalized spacial score (nSPS) is 13.9. The molecular weight excluding hydrogens is 280 g/mol. The van der Waals surface area contributed by atoms with E-state index in [2.05, 4.69) is 15.5 Å². The molecule has 1 aliphatic rings. The monoisotopic (exact) mass is 288 g/mol. The second-order valence-corrected chi connectivity index (χ2v) is 5.30. The number of tetrazole rings is 1. The number of aromatic nitrogens is 4. The maximum atomic E-state index is 11.1. The molecule has 1 aromatic heterocycles. The van der Waals surface area contributed by atoms with Crippen LogP contribution in [0.5, 0.6) is 0 Å². The number of hydrogen-bond acceptors (Lipinski definition) is 7. The molecule has 0 saturated heterocycles. The molecule has 9 heteroatoms. The predicted octanol–water partition coefficient (Wildman–Crippen LogP) is 1.94. The lowest BCUT2D eigenvalue weighted by molar-refractivity contribution is -0.387. The molecule has 0 spiro atoms. The maximum absolute atomic E-state index is 11.1. The van der Waals surface area contributed by atoms with E-state index in [1.165, 1.54) is 6.07 Å². The first-order valence-corrected chi connectivity index (χ1v) is 6.65. The van der Waals surface area contributed by atoms with E-state index in [1.54, 1.807) is 16.8 Å². The smallest absolute Gasteiger partial charge is 0.258 e. The largest absolute Gasteiger partial charge is 0.284 e. The van der Waals surface area contributed by atoms with Crippen LogP contribution in [0.15, 0.2) is 28.3 Å². The van der Waals surface area contributed by atoms with Gasteiger partial charge in [-0.15, -0.1) is 5.10 Å². The van der Waals surface area contributed by atoms with E-state index < -0.39 is 4.92 Å². The van der Waals surface area contributed by atoms with Gasteiger partial charge in [-0.3, -0.25) is 10.1 Å². The van der Waals surface area contributed by atoms with Gasteiger partial charge in [0.1, 0.15) is 0 Å². The van der Waals surface area contributed by atoms with Crippen LogP contribution in [-0.4, -0.2) is 25.1 Å². The summed E-state index contributed by atoms with van der Waals surface area (Å²) < 4.78 is 1.69. The summed E-state index contributed by atoms with van der Waals surface area (Å²) in [6.45, 7) is 0. The highest BCUT2D eigenvalue weighted by atomic mass is 32.2. The molecular formula is C11H8N6O2S. The lowest BCUT2D eigenvalue weighted by Crippen LogP contribution is -1.99. The van der Waals surface area contributed by atoms with Crippen LogP contribution in [0.2, 0.25) is 0 Å². The van der Waals surface area contributed by atoms with Gasteiger partial charge in [-0.2, -0.15) is 5.26 Å². The quantitative estimate of drug-likeness (QED) is 0.624. The van der Waals surface area contributed by atoms with Gasteiger partial charge >= 0.3 is 0 Å². The minimum Gasteiger partial charge on any atom is -0.258 e. The molecule has 20 heavy (non-hydrogen) atoms. The number of hydrogen-bond donors (Lipinski definition) is 0. The summed E-state index contributed by atoms with van der Waals surface area (Å²) in [7, 11) is 0. The Hall–Kier alpha value is -2.47. The average Bonchev–Trinajstić information content (AvgIpc) is 3.19. The Morgan fingerprint density at radius 2 is 2.30 bits per heavy atom. The third-order valence-electron chi connectivity index (χ3n) is 2.84. The summed E-state index contributed by atoms with van der Waals surface area (Å²) in [6.07, 6.45) is 2.04. The van der Waals surface area contributed by atoms with E-state index in [0.29, 0.717) is 16.1 Å². The molecule has 1 fully saturated rings. The molecule has 100 valence electrons. The van der Waals surface area contributed by atoms with E-state index in [0.717, 1.165) is 24.6 Å². The second kappa shape index (κ2) is 4.90. The van der Waals surface area contributed by atoms with Crippen molar-refractivity contribution in [1.29, 1.82) is 5.26 Å². The Morgan fingerprint density at radius 3 is 2.95 bits per heavy atom. The lowest BCUT2D eigenvalue weighted by Gasteiger charge is -2.03. The van der Waals surface area contributed by atoms with E-state index in [-0.39, 0.29) is 11.3 Å². The first kappa shape index (κ1) is 12.6. The van der Waals surface area contributed by atoms with Crippen LogP contribution in [0.25, 0.3) is 0 Å². The van der Waals surface area contributed by atoms with Gasteiger partial charge in [0, 0.05) is 6.07 Å². The third-order valence-corrected chi connectivity index (χ3v) is 3.86. The minimum absolute atomic E-state index is 0.112.